The Labute approximate surface area is 77.1 Å². The third-order valence-electron chi connectivity index (χ3n) is 2.25. The van der Waals surface area contributed by atoms with Crippen LogP contribution in [0.3, 0.4) is 0 Å². The molecule has 0 aromatic rings. The highest BCUT2D eigenvalue weighted by Gasteiger charge is 2.42. The van der Waals surface area contributed by atoms with Gasteiger partial charge in [0, 0.05) is 0 Å². The fraction of sp³-hybridized carbons (Fsp3) is 0.778. The Bertz CT molecular complexity index is 224. The van der Waals surface area contributed by atoms with E-state index in [0.29, 0.717) is 6.61 Å². The van der Waals surface area contributed by atoms with Gasteiger partial charge >= 0.3 is 0 Å². The van der Waals surface area contributed by atoms with Crippen molar-refractivity contribution in [2.75, 3.05) is 6.61 Å². The van der Waals surface area contributed by atoms with Gasteiger partial charge in [-0.25, -0.2) is 0 Å². The fourth-order valence-electron chi connectivity index (χ4n) is 1.56. The standard InChI is InChI=1S/C9H14O4/c1-9(2)12-5-7-8(13-9)6(10)3-4-11-7/h3-4,6-8,10H,5H2,1-2H3/t6-,7-,8+/m1/s1. The molecule has 1 saturated heterocycles. The predicted molar refractivity (Wildman–Crippen MR) is 44.9 cm³/mol. The maximum Gasteiger partial charge on any atom is 0.163 e. The first-order valence-corrected chi connectivity index (χ1v) is 4.40. The van der Waals surface area contributed by atoms with E-state index in [2.05, 4.69) is 0 Å². The van der Waals surface area contributed by atoms with Gasteiger partial charge in [0.25, 0.3) is 0 Å². The minimum Gasteiger partial charge on any atom is -0.493 e. The maximum absolute atomic E-state index is 9.59. The second-order valence-corrected chi connectivity index (χ2v) is 3.79. The van der Waals surface area contributed by atoms with Gasteiger partial charge in [-0.1, -0.05) is 0 Å². The first kappa shape index (κ1) is 8.99. The molecule has 3 atom stereocenters. The topological polar surface area (TPSA) is 47.9 Å². The zero-order valence-electron chi connectivity index (χ0n) is 7.77. The number of aliphatic hydroxyl groups is 1. The Hall–Kier alpha value is -0.580. The second kappa shape index (κ2) is 2.97. The molecule has 0 aliphatic carbocycles. The minimum atomic E-state index is -0.628. The molecule has 2 aliphatic heterocycles. The highest BCUT2D eigenvalue weighted by Crippen LogP contribution is 2.28. The first-order chi connectivity index (χ1) is 6.08. The average molecular weight is 186 g/mol. The molecule has 13 heavy (non-hydrogen) atoms. The molecular formula is C9H14O4. The summed E-state index contributed by atoms with van der Waals surface area (Å²) in [7, 11) is 0. The summed E-state index contributed by atoms with van der Waals surface area (Å²) in [5.41, 5.74) is 0. The van der Waals surface area contributed by atoms with Crippen molar-refractivity contribution >= 4 is 0 Å². The Morgan fingerprint density at radius 3 is 3.00 bits per heavy atom. The van der Waals surface area contributed by atoms with Crippen LogP contribution in [0.4, 0.5) is 0 Å². The van der Waals surface area contributed by atoms with E-state index in [1.54, 1.807) is 6.08 Å². The third-order valence-corrected chi connectivity index (χ3v) is 2.25. The van der Waals surface area contributed by atoms with Crippen molar-refractivity contribution in [1.29, 1.82) is 0 Å². The van der Waals surface area contributed by atoms with Gasteiger partial charge in [0.15, 0.2) is 11.9 Å². The molecule has 2 aliphatic rings. The van der Waals surface area contributed by atoms with Crippen LogP contribution in [0.1, 0.15) is 13.8 Å². The van der Waals surface area contributed by atoms with Gasteiger partial charge in [0.05, 0.1) is 12.9 Å². The third kappa shape index (κ3) is 1.70. The number of aliphatic hydroxyl groups excluding tert-OH is 1. The Balaban J connectivity index is 2.12. The SMILES string of the molecule is CC1(C)OC[C@H]2OC=C[C@@H](O)[C@@H]2O1. The van der Waals surface area contributed by atoms with Crippen LogP contribution in [0, 0.1) is 0 Å². The predicted octanol–water partition coefficient (Wildman–Crippen LogP) is 0.411. The van der Waals surface area contributed by atoms with Crippen molar-refractivity contribution in [1.82, 2.24) is 0 Å². The van der Waals surface area contributed by atoms with Crippen LogP contribution in [0.2, 0.25) is 0 Å². The van der Waals surface area contributed by atoms with Gasteiger partial charge in [-0.2, -0.15) is 0 Å². The van der Waals surface area contributed by atoms with Crippen molar-refractivity contribution in [3.63, 3.8) is 0 Å². The van der Waals surface area contributed by atoms with E-state index in [1.165, 1.54) is 6.26 Å². The van der Waals surface area contributed by atoms with Gasteiger partial charge in [-0.3, -0.25) is 0 Å². The minimum absolute atomic E-state index is 0.187. The van der Waals surface area contributed by atoms with E-state index in [0.717, 1.165) is 0 Å². The lowest BCUT2D eigenvalue weighted by Gasteiger charge is -2.43. The van der Waals surface area contributed by atoms with E-state index in [9.17, 15) is 5.11 Å². The molecule has 0 aromatic heterocycles. The molecule has 0 bridgehead atoms. The highest BCUT2D eigenvalue weighted by atomic mass is 16.7. The normalized spacial score (nSPS) is 42.2. The molecule has 1 N–H and O–H groups in total. The van der Waals surface area contributed by atoms with Gasteiger partial charge in [-0.05, 0) is 19.9 Å². The lowest BCUT2D eigenvalue weighted by molar-refractivity contribution is -0.318. The Morgan fingerprint density at radius 1 is 1.46 bits per heavy atom. The highest BCUT2D eigenvalue weighted by molar-refractivity contribution is 4.99. The molecule has 4 nitrogen and oxygen atoms in total. The lowest BCUT2D eigenvalue weighted by Crippen LogP contribution is -2.54. The van der Waals surface area contributed by atoms with Crippen LogP contribution in [0.25, 0.3) is 0 Å². The molecule has 2 heterocycles. The van der Waals surface area contributed by atoms with Gasteiger partial charge < -0.3 is 19.3 Å². The molecule has 0 radical (unpaired) electrons. The van der Waals surface area contributed by atoms with Crippen LogP contribution < -0.4 is 0 Å². The summed E-state index contributed by atoms with van der Waals surface area (Å²) in [6.45, 7) is 4.11. The second-order valence-electron chi connectivity index (χ2n) is 3.79. The van der Waals surface area contributed by atoms with E-state index >= 15 is 0 Å². The van der Waals surface area contributed by atoms with Crippen molar-refractivity contribution in [3.05, 3.63) is 12.3 Å². The Kier molecular flexibility index (Phi) is 2.06. The van der Waals surface area contributed by atoms with Crippen LogP contribution in [0.15, 0.2) is 12.3 Å². The summed E-state index contributed by atoms with van der Waals surface area (Å²) < 4.78 is 16.2. The van der Waals surface area contributed by atoms with Crippen molar-refractivity contribution in [3.8, 4) is 0 Å². The summed E-state index contributed by atoms with van der Waals surface area (Å²) in [5, 5.41) is 9.59. The molecular weight excluding hydrogens is 172 g/mol. The first-order valence-electron chi connectivity index (χ1n) is 4.40. The molecule has 4 heteroatoms. The molecule has 0 aromatic carbocycles. The van der Waals surface area contributed by atoms with Crippen molar-refractivity contribution in [2.45, 2.75) is 37.9 Å². The monoisotopic (exact) mass is 186 g/mol. The van der Waals surface area contributed by atoms with Gasteiger partial charge in [0.1, 0.15) is 12.2 Å². The summed E-state index contributed by atoms with van der Waals surface area (Å²) in [6.07, 6.45) is 1.99. The number of ether oxygens (including phenoxy) is 3. The molecule has 0 unspecified atom stereocenters. The number of rotatable bonds is 0. The average Bonchev–Trinajstić information content (AvgIpc) is 2.06. The molecule has 0 spiro atoms. The molecule has 2 rings (SSSR count). The molecule has 0 saturated carbocycles. The Morgan fingerprint density at radius 2 is 2.23 bits per heavy atom. The summed E-state index contributed by atoms with van der Waals surface area (Å²) in [4.78, 5) is 0. The summed E-state index contributed by atoms with van der Waals surface area (Å²) >= 11 is 0. The fourth-order valence-corrected chi connectivity index (χ4v) is 1.56. The van der Waals surface area contributed by atoms with E-state index in [1.807, 2.05) is 13.8 Å². The van der Waals surface area contributed by atoms with Gasteiger partial charge in [0.2, 0.25) is 0 Å². The van der Waals surface area contributed by atoms with Crippen molar-refractivity contribution < 1.29 is 19.3 Å². The molecule has 0 amide bonds. The molecule has 74 valence electrons. The lowest BCUT2D eigenvalue weighted by atomic mass is 10.0. The zero-order chi connectivity index (χ0) is 9.47. The number of hydrogen-bond acceptors (Lipinski definition) is 4. The van der Waals surface area contributed by atoms with Crippen molar-refractivity contribution in [2.24, 2.45) is 0 Å². The zero-order valence-corrected chi connectivity index (χ0v) is 7.77. The van der Waals surface area contributed by atoms with Crippen LogP contribution in [-0.4, -0.2) is 35.8 Å². The van der Waals surface area contributed by atoms with E-state index in [-0.39, 0.29) is 12.2 Å². The summed E-state index contributed by atoms with van der Waals surface area (Å²) in [5.74, 6) is -0.628. The van der Waals surface area contributed by atoms with E-state index < -0.39 is 11.9 Å². The smallest absolute Gasteiger partial charge is 0.163 e. The maximum atomic E-state index is 9.59. The summed E-state index contributed by atoms with van der Waals surface area (Å²) in [6, 6.07) is 0. The van der Waals surface area contributed by atoms with Crippen LogP contribution in [0.5, 0.6) is 0 Å². The van der Waals surface area contributed by atoms with Crippen LogP contribution in [-0.2, 0) is 14.2 Å². The molecule has 1 fully saturated rings. The largest absolute Gasteiger partial charge is 0.493 e. The number of fused-ring (bicyclic) bond motifs is 1. The number of hydrogen-bond donors (Lipinski definition) is 1. The van der Waals surface area contributed by atoms with Gasteiger partial charge in [-0.15, -0.1) is 0 Å². The van der Waals surface area contributed by atoms with Crippen LogP contribution >= 0.6 is 0 Å². The van der Waals surface area contributed by atoms with E-state index in [4.69, 9.17) is 14.2 Å². The quantitative estimate of drug-likeness (QED) is 0.595.